The molecule has 0 aliphatic carbocycles. The van der Waals surface area contributed by atoms with E-state index in [0.29, 0.717) is 25.7 Å². The third-order valence-corrected chi connectivity index (χ3v) is 6.37. The molecule has 4 N–H and O–H groups in total. The van der Waals surface area contributed by atoms with E-state index in [9.17, 15) is 14.2 Å². The molecule has 9 heteroatoms. The minimum atomic E-state index is -3.92. The largest absolute Gasteiger partial charge is 0.481 e. The number of benzene rings is 1. The van der Waals surface area contributed by atoms with E-state index >= 15 is 0 Å². The summed E-state index contributed by atoms with van der Waals surface area (Å²) in [5, 5.41) is 11.5. The number of hydrogen-bond donors (Lipinski definition) is 4. The fourth-order valence-corrected chi connectivity index (χ4v) is 4.43. The van der Waals surface area contributed by atoms with Gasteiger partial charge < -0.3 is 20.2 Å². The van der Waals surface area contributed by atoms with Gasteiger partial charge in [-0.05, 0) is 43.6 Å². The van der Waals surface area contributed by atoms with Crippen LogP contribution in [-0.2, 0) is 14.2 Å². The maximum Gasteiger partial charge on any atom is 0.325 e. The molecule has 0 unspecified atom stereocenters. The van der Waals surface area contributed by atoms with E-state index < -0.39 is 13.6 Å². The van der Waals surface area contributed by atoms with E-state index in [0.717, 1.165) is 48.4 Å². The molecule has 0 bridgehead atoms. The maximum atomic E-state index is 12.2. The fraction of sp³-hybridized carbons (Fsp3) is 0.600. The third kappa shape index (κ3) is 14.3. The van der Waals surface area contributed by atoms with Crippen LogP contribution in [0.2, 0.25) is 0 Å². The van der Waals surface area contributed by atoms with Gasteiger partial charge in [0.15, 0.2) is 0 Å². The van der Waals surface area contributed by atoms with Crippen LogP contribution in [0.4, 0.5) is 5.69 Å². The monoisotopic (exact) mass is 445 g/mol. The van der Waals surface area contributed by atoms with Crippen LogP contribution in [0.3, 0.4) is 0 Å². The second-order valence-electron chi connectivity index (χ2n) is 7.00. The van der Waals surface area contributed by atoms with Gasteiger partial charge in [0.25, 0.3) is 0 Å². The number of hydrogen-bond acceptors (Lipinski definition) is 4. The molecule has 1 rings (SSSR count). The normalized spacial score (nSPS) is 11.4. The number of para-hydroxylation sites is 1. The number of unbranched alkanes of at least 4 members (excludes halogenated alkanes) is 6. The number of carboxylic acids is 1. The summed E-state index contributed by atoms with van der Waals surface area (Å²) in [6.45, 7) is 0. The van der Waals surface area contributed by atoms with Crippen molar-refractivity contribution in [1.29, 1.82) is 0 Å². The van der Waals surface area contributed by atoms with Gasteiger partial charge in [0, 0.05) is 23.9 Å². The van der Waals surface area contributed by atoms with Crippen molar-refractivity contribution < 1.29 is 29.0 Å². The lowest BCUT2D eigenvalue weighted by Crippen LogP contribution is -2.11. The van der Waals surface area contributed by atoms with Gasteiger partial charge in [0.1, 0.15) is 0 Å². The van der Waals surface area contributed by atoms with E-state index in [1.165, 1.54) is 0 Å². The van der Waals surface area contributed by atoms with Crippen molar-refractivity contribution in [3.63, 3.8) is 0 Å². The lowest BCUT2D eigenvalue weighted by Gasteiger charge is -2.11. The Hall–Kier alpha value is -1.34. The highest BCUT2D eigenvalue weighted by Gasteiger charge is 2.12. The predicted octanol–water partition coefficient (Wildman–Crippen LogP) is 4.88. The zero-order chi connectivity index (χ0) is 21.5. The minimum absolute atomic E-state index is 0.0228. The van der Waals surface area contributed by atoms with Crippen molar-refractivity contribution in [2.75, 3.05) is 17.2 Å². The lowest BCUT2D eigenvalue weighted by molar-refractivity contribution is -0.137. The first kappa shape index (κ1) is 25.7. The standard InChI is InChI=1S/C20H32NO6PS/c22-19(13-5-3-1-2-4-6-14-20(23)24)21-17-11-7-8-12-18(17)29-16-10-9-15-28(25,26)27/h7-8,11-12H,1-6,9-10,13-16H2,(H,21,22)(H,23,24)(H2,25,26,27). The summed E-state index contributed by atoms with van der Waals surface area (Å²) >= 11 is 1.57. The van der Waals surface area contributed by atoms with Crippen LogP contribution < -0.4 is 5.32 Å². The first-order valence-electron chi connectivity index (χ1n) is 10.1. The number of nitrogens with one attached hydrogen (secondary N) is 1. The van der Waals surface area contributed by atoms with Crippen molar-refractivity contribution in [2.24, 2.45) is 0 Å². The third-order valence-electron chi connectivity index (χ3n) is 4.31. The Morgan fingerprint density at radius 2 is 1.52 bits per heavy atom. The molecule has 1 aromatic rings. The topological polar surface area (TPSA) is 124 Å². The molecule has 29 heavy (non-hydrogen) atoms. The van der Waals surface area contributed by atoms with Crippen LogP contribution in [-0.4, -0.2) is 38.7 Å². The molecule has 0 atom stereocenters. The van der Waals surface area contributed by atoms with Gasteiger partial charge >= 0.3 is 13.6 Å². The average molecular weight is 446 g/mol. The molecular weight excluding hydrogens is 413 g/mol. The average Bonchev–Trinajstić information content (AvgIpc) is 2.63. The second-order valence-corrected chi connectivity index (χ2v) is 9.92. The Labute approximate surface area is 176 Å². The number of rotatable bonds is 16. The number of carbonyl (C=O) groups is 2. The van der Waals surface area contributed by atoms with Crippen LogP contribution in [0.25, 0.3) is 0 Å². The predicted molar refractivity (Wildman–Crippen MR) is 117 cm³/mol. The van der Waals surface area contributed by atoms with Gasteiger partial charge in [-0.15, -0.1) is 11.8 Å². The summed E-state index contributed by atoms with van der Waals surface area (Å²) in [5.74, 6) is -0.0407. The molecule has 1 aromatic carbocycles. The summed E-state index contributed by atoms with van der Waals surface area (Å²) in [6.07, 6.45) is 7.15. The van der Waals surface area contributed by atoms with Gasteiger partial charge in [-0.25, -0.2) is 0 Å². The Bertz CT molecular complexity index is 679. The number of carbonyl (C=O) groups excluding carboxylic acids is 1. The molecule has 0 aliphatic heterocycles. The molecule has 0 spiro atoms. The first-order valence-corrected chi connectivity index (χ1v) is 12.8. The molecule has 0 saturated heterocycles. The molecule has 0 radical (unpaired) electrons. The summed E-state index contributed by atoms with van der Waals surface area (Å²) in [6, 6.07) is 7.56. The smallest absolute Gasteiger partial charge is 0.325 e. The highest BCUT2D eigenvalue weighted by Crippen LogP contribution is 2.36. The summed E-state index contributed by atoms with van der Waals surface area (Å²) in [5.41, 5.74) is 0.770. The fourth-order valence-electron chi connectivity index (χ4n) is 2.78. The van der Waals surface area contributed by atoms with Crippen LogP contribution in [0.1, 0.15) is 64.2 Å². The van der Waals surface area contributed by atoms with Crippen LogP contribution >= 0.6 is 19.4 Å². The van der Waals surface area contributed by atoms with E-state index in [2.05, 4.69) is 5.32 Å². The molecule has 1 amide bonds. The summed E-state index contributed by atoms with van der Waals surface area (Å²) < 4.78 is 10.9. The van der Waals surface area contributed by atoms with E-state index in [4.69, 9.17) is 14.9 Å². The molecule has 7 nitrogen and oxygen atoms in total. The Kier molecular flexibility index (Phi) is 12.9. The highest BCUT2D eigenvalue weighted by atomic mass is 32.2. The molecule has 0 aliphatic rings. The minimum Gasteiger partial charge on any atom is -0.481 e. The van der Waals surface area contributed by atoms with Gasteiger partial charge in [-0.3, -0.25) is 14.2 Å². The SMILES string of the molecule is O=C(O)CCCCCCCCC(=O)Nc1ccccc1SCCCCP(=O)(O)O. The van der Waals surface area contributed by atoms with E-state index in [1.54, 1.807) is 11.8 Å². The molecule has 164 valence electrons. The molecule has 0 saturated carbocycles. The first-order chi connectivity index (χ1) is 13.8. The second kappa shape index (κ2) is 14.6. The Morgan fingerprint density at radius 3 is 2.17 bits per heavy atom. The number of amides is 1. The number of anilines is 1. The van der Waals surface area contributed by atoms with E-state index in [1.807, 2.05) is 24.3 Å². The van der Waals surface area contributed by atoms with Crippen LogP contribution in [0.15, 0.2) is 29.2 Å². The van der Waals surface area contributed by atoms with Crippen LogP contribution in [0, 0.1) is 0 Å². The van der Waals surface area contributed by atoms with Gasteiger partial charge in [-0.1, -0.05) is 37.8 Å². The number of aliphatic carboxylic acids is 1. The summed E-state index contributed by atoms with van der Waals surface area (Å²) in [7, 11) is -3.92. The summed E-state index contributed by atoms with van der Waals surface area (Å²) in [4.78, 5) is 41.3. The van der Waals surface area contributed by atoms with Crippen LogP contribution in [0.5, 0.6) is 0 Å². The van der Waals surface area contributed by atoms with E-state index in [-0.39, 0.29) is 18.5 Å². The number of thioether (sulfide) groups is 1. The quantitative estimate of drug-likeness (QED) is 0.162. The highest BCUT2D eigenvalue weighted by molar-refractivity contribution is 7.99. The Morgan fingerprint density at radius 1 is 0.897 bits per heavy atom. The van der Waals surface area contributed by atoms with Gasteiger partial charge in [0.2, 0.25) is 5.91 Å². The molecule has 0 fully saturated rings. The molecular formula is C20H32NO6PS. The zero-order valence-electron chi connectivity index (χ0n) is 16.7. The molecule has 0 aromatic heterocycles. The number of carboxylic acid groups (broad SMARTS) is 1. The zero-order valence-corrected chi connectivity index (χ0v) is 18.4. The van der Waals surface area contributed by atoms with Crippen molar-refractivity contribution in [3.8, 4) is 0 Å². The van der Waals surface area contributed by atoms with Crippen molar-refractivity contribution in [1.82, 2.24) is 0 Å². The van der Waals surface area contributed by atoms with Crippen molar-refractivity contribution in [3.05, 3.63) is 24.3 Å². The molecule has 0 heterocycles. The van der Waals surface area contributed by atoms with Gasteiger partial charge in [-0.2, -0.15) is 0 Å². The van der Waals surface area contributed by atoms with Crippen molar-refractivity contribution in [2.45, 2.75) is 69.1 Å². The maximum absolute atomic E-state index is 12.2. The van der Waals surface area contributed by atoms with Crippen molar-refractivity contribution >= 4 is 36.9 Å². The Balaban J connectivity index is 2.23. The lowest BCUT2D eigenvalue weighted by atomic mass is 10.1. The van der Waals surface area contributed by atoms with Gasteiger partial charge in [0.05, 0.1) is 5.69 Å².